The largest absolute Gasteiger partial charge is 0.268 e. The third-order valence-electron chi connectivity index (χ3n) is 1.48. The minimum atomic E-state index is -4.77. The third kappa shape index (κ3) is 2.23. The van der Waals surface area contributed by atoms with E-state index in [4.69, 9.17) is 0 Å². The fraction of sp³-hybridized carbons (Fsp3) is 0.167. The molecular weight excluding hydrogens is 240 g/mol. The number of rotatable bonds is 2. The fourth-order valence-corrected chi connectivity index (χ4v) is 1.51. The molecule has 84 valence electrons. The standard InChI is InChI=1S/C6H4F4N2O2S/c7-3-2(5(8)9)1-12-6(10)4(3)15(11,13)14/h1,5H,(H2,11,13,14). The Labute approximate surface area is 81.8 Å². The molecule has 2 N–H and O–H groups in total. The van der Waals surface area contributed by atoms with Gasteiger partial charge in [-0.2, -0.15) is 4.39 Å². The molecule has 0 atom stereocenters. The van der Waals surface area contributed by atoms with Crippen LogP contribution in [0.5, 0.6) is 0 Å². The van der Waals surface area contributed by atoms with Crippen molar-refractivity contribution >= 4 is 10.0 Å². The zero-order chi connectivity index (χ0) is 11.8. The number of halogens is 4. The maximum Gasteiger partial charge on any atom is 0.268 e. The van der Waals surface area contributed by atoms with Crippen molar-refractivity contribution in [1.82, 2.24) is 4.98 Å². The van der Waals surface area contributed by atoms with Crippen LogP contribution >= 0.6 is 0 Å². The highest BCUT2D eigenvalue weighted by molar-refractivity contribution is 7.89. The molecule has 9 heteroatoms. The second-order valence-corrected chi connectivity index (χ2v) is 3.99. The van der Waals surface area contributed by atoms with Crippen molar-refractivity contribution in [2.24, 2.45) is 5.14 Å². The van der Waals surface area contributed by atoms with Crippen LogP contribution in [0.25, 0.3) is 0 Å². The van der Waals surface area contributed by atoms with Crippen LogP contribution in [0.4, 0.5) is 17.6 Å². The molecule has 1 aromatic heterocycles. The first-order valence-electron chi connectivity index (χ1n) is 3.40. The van der Waals surface area contributed by atoms with E-state index in [1.54, 1.807) is 0 Å². The molecule has 0 aliphatic rings. The van der Waals surface area contributed by atoms with E-state index in [1.807, 2.05) is 0 Å². The van der Waals surface area contributed by atoms with Gasteiger partial charge in [0.2, 0.25) is 16.0 Å². The Morgan fingerprint density at radius 3 is 2.27 bits per heavy atom. The fourth-order valence-electron chi connectivity index (χ4n) is 0.858. The van der Waals surface area contributed by atoms with E-state index in [0.717, 1.165) is 0 Å². The zero-order valence-electron chi connectivity index (χ0n) is 6.92. The lowest BCUT2D eigenvalue weighted by Gasteiger charge is -2.05. The average molecular weight is 244 g/mol. The second-order valence-electron chi connectivity index (χ2n) is 2.49. The van der Waals surface area contributed by atoms with Gasteiger partial charge >= 0.3 is 0 Å². The number of sulfonamides is 1. The van der Waals surface area contributed by atoms with Crippen molar-refractivity contribution in [1.29, 1.82) is 0 Å². The Kier molecular flexibility index (Phi) is 2.95. The van der Waals surface area contributed by atoms with Crippen molar-refractivity contribution in [2.45, 2.75) is 11.3 Å². The summed E-state index contributed by atoms with van der Waals surface area (Å²) in [5, 5.41) is 4.43. The predicted molar refractivity (Wildman–Crippen MR) is 40.5 cm³/mol. The summed E-state index contributed by atoms with van der Waals surface area (Å²) >= 11 is 0. The van der Waals surface area contributed by atoms with Gasteiger partial charge in [-0.3, -0.25) is 0 Å². The smallest absolute Gasteiger partial charge is 0.226 e. The Bertz CT molecular complexity index is 488. The Morgan fingerprint density at radius 1 is 1.33 bits per heavy atom. The molecule has 1 aromatic rings. The number of nitrogens with zero attached hydrogens (tertiary/aromatic N) is 1. The molecule has 15 heavy (non-hydrogen) atoms. The summed E-state index contributed by atoms with van der Waals surface area (Å²) in [6.07, 6.45) is -3.09. The lowest BCUT2D eigenvalue weighted by Crippen LogP contribution is -2.18. The molecular formula is C6H4F4N2O2S. The van der Waals surface area contributed by atoms with E-state index in [-0.39, 0.29) is 6.20 Å². The monoisotopic (exact) mass is 244 g/mol. The minimum absolute atomic E-state index is 0.212. The molecule has 0 fully saturated rings. The number of aromatic nitrogens is 1. The molecule has 0 saturated carbocycles. The summed E-state index contributed by atoms with van der Waals surface area (Å²) < 4.78 is 71.3. The molecule has 0 radical (unpaired) electrons. The number of alkyl halides is 2. The second kappa shape index (κ2) is 3.74. The van der Waals surface area contributed by atoms with Gasteiger partial charge in [-0.25, -0.2) is 31.7 Å². The predicted octanol–water partition coefficient (Wildman–Crippen LogP) is 0.945. The van der Waals surface area contributed by atoms with E-state index < -0.39 is 38.7 Å². The van der Waals surface area contributed by atoms with Crippen LogP contribution in [0.15, 0.2) is 11.1 Å². The van der Waals surface area contributed by atoms with E-state index in [2.05, 4.69) is 10.1 Å². The van der Waals surface area contributed by atoms with E-state index in [0.29, 0.717) is 0 Å². The van der Waals surface area contributed by atoms with Crippen LogP contribution in [0.3, 0.4) is 0 Å². The number of nitrogens with two attached hydrogens (primary N) is 1. The van der Waals surface area contributed by atoms with E-state index in [1.165, 1.54) is 0 Å². The molecule has 0 aromatic carbocycles. The van der Waals surface area contributed by atoms with Gasteiger partial charge in [0.15, 0.2) is 10.7 Å². The zero-order valence-corrected chi connectivity index (χ0v) is 7.73. The number of pyridine rings is 1. The Morgan fingerprint density at radius 2 is 1.87 bits per heavy atom. The highest BCUT2D eigenvalue weighted by atomic mass is 32.2. The minimum Gasteiger partial charge on any atom is -0.226 e. The average Bonchev–Trinajstić information content (AvgIpc) is 2.00. The quantitative estimate of drug-likeness (QED) is 0.621. The molecule has 0 saturated heterocycles. The van der Waals surface area contributed by atoms with Gasteiger partial charge in [0.25, 0.3) is 6.43 Å². The van der Waals surface area contributed by atoms with Crippen molar-refractivity contribution in [2.75, 3.05) is 0 Å². The SMILES string of the molecule is NS(=O)(=O)c1c(F)ncc(C(F)F)c1F. The molecule has 0 aliphatic carbocycles. The highest BCUT2D eigenvalue weighted by Crippen LogP contribution is 2.26. The molecule has 4 nitrogen and oxygen atoms in total. The highest BCUT2D eigenvalue weighted by Gasteiger charge is 2.27. The summed E-state index contributed by atoms with van der Waals surface area (Å²) in [5.41, 5.74) is -1.32. The van der Waals surface area contributed by atoms with Crippen LogP contribution in [0.2, 0.25) is 0 Å². The van der Waals surface area contributed by atoms with Gasteiger partial charge in [0.05, 0.1) is 5.56 Å². The summed E-state index contributed by atoms with van der Waals surface area (Å²) in [6.45, 7) is 0. The van der Waals surface area contributed by atoms with E-state index >= 15 is 0 Å². The van der Waals surface area contributed by atoms with Crippen molar-refractivity contribution in [3.8, 4) is 0 Å². The topological polar surface area (TPSA) is 73.1 Å². The van der Waals surface area contributed by atoms with Crippen LogP contribution in [-0.2, 0) is 10.0 Å². The summed E-state index contributed by atoms with van der Waals surface area (Å²) in [6, 6.07) is 0. The molecule has 0 bridgehead atoms. The van der Waals surface area contributed by atoms with Crippen molar-refractivity contribution < 1.29 is 26.0 Å². The third-order valence-corrected chi connectivity index (χ3v) is 2.39. The molecule has 1 rings (SSSR count). The maximum absolute atomic E-state index is 13.1. The van der Waals surface area contributed by atoms with Gasteiger partial charge in [-0.1, -0.05) is 0 Å². The van der Waals surface area contributed by atoms with Crippen molar-refractivity contribution in [3.05, 3.63) is 23.5 Å². The number of hydrogen-bond donors (Lipinski definition) is 1. The first kappa shape index (κ1) is 11.9. The molecule has 0 spiro atoms. The lowest BCUT2D eigenvalue weighted by molar-refractivity contribution is 0.144. The van der Waals surface area contributed by atoms with Gasteiger partial charge in [-0.15, -0.1) is 0 Å². The molecule has 1 heterocycles. The first-order valence-corrected chi connectivity index (χ1v) is 4.94. The molecule has 0 amide bonds. The van der Waals surface area contributed by atoms with Crippen LogP contribution in [0, 0.1) is 11.8 Å². The van der Waals surface area contributed by atoms with Crippen LogP contribution < -0.4 is 5.14 Å². The Balaban J connectivity index is 3.59. The van der Waals surface area contributed by atoms with Gasteiger partial charge < -0.3 is 0 Å². The normalized spacial score (nSPS) is 12.1. The summed E-state index contributed by atoms with van der Waals surface area (Å²) in [5.74, 6) is -3.67. The van der Waals surface area contributed by atoms with Gasteiger partial charge in [0, 0.05) is 6.20 Å². The molecule has 0 aliphatic heterocycles. The van der Waals surface area contributed by atoms with E-state index in [9.17, 15) is 26.0 Å². The first-order chi connectivity index (χ1) is 6.75. The van der Waals surface area contributed by atoms with Gasteiger partial charge in [0.1, 0.15) is 0 Å². The number of primary sulfonamides is 1. The van der Waals surface area contributed by atoms with Gasteiger partial charge in [-0.05, 0) is 0 Å². The maximum atomic E-state index is 13.1. The van der Waals surface area contributed by atoms with Crippen LogP contribution in [0.1, 0.15) is 12.0 Å². The van der Waals surface area contributed by atoms with Crippen LogP contribution in [-0.4, -0.2) is 13.4 Å². The summed E-state index contributed by atoms with van der Waals surface area (Å²) in [4.78, 5) is 1.03. The number of hydrogen-bond acceptors (Lipinski definition) is 3. The lowest BCUT2D eigenvalue weighted by atomic mass is 10.3. The Hall–Kier alpha value is -1.22. The molecule has 0 unspecified atom stereocenters. The van der Waals surface area contributed by atoms with Crippen molar-refractivity contribution in [3.63, 3.8) is 0 Å². The summed E-state index contributed by atoms with van der Waals surface area (Å²) in [7, 11) is -4.77.